The number of aliphatic hydroxyl groups is 1. The number of hydrogen-bond acceptors (Lipinski definition) is 2. The first-order chi connectivity index (χ1) is 9.10. The lowest BCUT2D eigenvalue weighted by atomic mass is 9.96. The average Bonchev–Trinajstić information content (AvgIpc) is 2.82. The standard InChI is InChI=1S/C17H27NO/c1-13(2)17(12-19)11-18(3)10-14-7-8-15-5-4-6-16(15)9-14/h7-9,13,17,19H,4-6,10-12H2,1-3H3. The predicted molar refractivity (Wildman–Crippen MR) is 80.2 cm³/mol. The normalized spacial score (nSPS) is 16.1. The molecule has 1 aliphatic carbocycles. The molecule has 0 aliphatic heterocycles. The van der Waals surface area contributed by atoms with Gasteiger partial charge < -0.3 is 10.0 Å². The number of fused-ring (bicyclic) bond motifs is 1. The van der Waals surface area contributed by atoms with Gasteiger partial charge in [-0.2, -0.15) is 0 Å². The molecule has 1 aromatic carbocycles. The first kappa shape index (κ1) is 14.5. The Kier molecular flexibility index (Phi) is 5.00. The van der Waals surface area contributed by atoms with Crippen LogP contribution in [0.2, 0.25) is 0 Å². The zero-order valence-corrected chi connectivity index (χ0v) is 12.5. The summed E-state index contributed by atoms with van der Waals surface area (Å²) in [7, 11) is 2.15. The van der Waals surface area contributed by atoms with Crippen molar-refractivity contribution < 1.29 is 5.11 Å². The van der Waals surface area contributed by atoms with Crippen molar-refractivity contribution in [3.05, 3.63) is 34.9 Å². The zero-order valence-electron chi connectivity index (χ0n) is 12.5. The molecular formula is C17H27NO. The Morgan fingerprint density at radius 2 is 1.95 bits per heavy atom. The van der Waals surface area contributed by atoms with E-state index in [-0.39, 0.29) is 6.61 Å². The number of benzene rings is 1. The number of aryl methyl sites for hydroxylation is 2. The first-order valence-electron chi connectivity index (χ1n) is 7.50. The van der Waals surface area contributed by atoms with E-state index in [1.54, 1.807) is 11.1 Å². The van der Waals surface area contributed by atoms with Crippen LogP contribution in [0.5, 0.6) is 0 Å². The lowest BCUT2D eigenvalue weighted by molar-refractivity contribution is 0.143. The molecule has 1 aliphatic rings. The molecule has 1 unspecified atom stereocenters. The summed E-state index contributed by atoms with van der Waals surface area (Å²) in [6.07, 6.45) is 3.82. The van der Waals surface area contributed by atoms with E-state index < -0.39 is 0 Å². The van der Waals surface area contributed by atoms with Crippen LogP contribution in [-0.2, 0) is 19.4 Å². The number of nitrogens with zero attached hydrogens (tertiary/aromatic N) is 1. The van der Waals surface area contributed by atoms with Gasteiger partial charge >= 0.3 is 0 Å². The highest BCUT2D eigenvalue weighted by Gasteiger charge is 2.16. The molecule has 1 atom stereocenters. The summed E-state index contributed by atoms with van der Waals surface area (Å²) >= 11 is 0. The summed E-state index contributed by atoms with van der Waals surface area (Å²) in [5.74, 6) is 0.909. The van der Waals surface area contributed by atoms with Gasteiger partial charge in [0.15, 0.2) is 0 Å². The fourth-order valence-electron chi connectivity index (χ4n) is 2.98. The Hall–Kier alpha value is -0.860. The van der Waals surface area contributed by atoms with Gasteiger partial charge in [-0.05, 0) is 54.8 Å². The van der Waals surface area contributed by atoms with Gasteiger partial charge in [-0.1, -0.05) is 32.0 Å². The Balaban J connectivity index is 1.93. The van der Waals surface area contributed by atoms with Gasteiger partial charge in [-0.3, -0.25) is 0 Å². The molecule has 2 rings (SSSR count). The Labute approximate surface area is 117 Å². The minimum Gasteiger partial charge on any atom is -0.396 e. The second-order valence-electron chi connectivity index (χ2n) is 6.34. The van der Waals surface area contributed by atoms with Gasteiger partial charge in [-0.25, -0.2) is 0 Å². The van der Waals surface area contributed by atoms with E-state index in [9.17, 15) is 5.11 Å². The third-order valence-corrected chi connectivity index (χ3v) is 4.34. The molecule has 0 heterocycles. The molecule has 2 heteroatoms. The quantitative estimate of drug-likeness (QED) is 0.851. The van der Waals surface area contributed by atoms with E-state index in [0.29, 0.717) is 11.8 Å². The minimum atomic E-state index is 0.284. The molecule has 0 bridgehead atoms. The number of rotatable bonds is 6. The average molecular weight is 261 g/mol. The molecular weight excluding hydrogens is 234 g/mol. The summed E-state index contributed by atoms with van der Waals surface area (Å²) < 4.78 is 0. The second-order valence-corrected chi connectivity index (χ2v) is 6.34. The van der Waals surface area contributed by atoms with Crippen molar-refractivity contribution >= 4 is 0 Å². The van der Waals surface area contributed by atoms with Crippen molar-refractivity contribution in [2.45, 2.75) is 39.7 Å². The third-order valence-electron chi connectivity index (χ3n) is 4.34. The summed E-state index contributed by atoms with van der Waals surface area (Å²) in [5.41, 5.74) is 4.50. The van der Waals surface area contributed by atoms with Gasteiger partial charge in [0.05, 0.1) is 0 Å². The molecule has 0 radical (unpaired) electrons. The molecule has 106 valence electrons. The summed E-state index contributed by atoms with van der Waals surface area (Å²) in [6, 6.07) is 6.95. The van der Waals surface area contributed by atoms with Crippen LogP contribution in [0, 0.1) is 11.8 Å². The highest BCUT2D eigenvalue weighted by Crippen LogP contribution is 2.23. The highest BCUT2D eigenvalue weighted by atomic mass is 16.3. The molecule has 0 fully saturated rings. The number of hydrogen-bond donors (Lipinski definition) is 1. The van der Waals surface area contributed by atoms with Crippen molar-refractivity contribution in [3.63, 3.8) is 0 Å². The summed E-state index contributed by atoms with van der Waals surface area (Å²) in [6.45, 7) is 6.60. The van der Waals surface area contributed by atoms with Crippen LogP contribution in [0.15, 0.2) is 18.2 Å². The zero-order chi connectivity index (χ0) is 13.8. The van der Waals surface area contributed by atoms with E-state index in [1.165, 1.54) is 24.8 Å². The lowest BCUT2D eigenvalue weighted by Crippen LogP contribution is -2.30. The molecule has 0 saturated carbocycles. The van der Waals surface area contributed by atoms with Gasteiger partial charge in [0.25, 0.3) is 0 Å². The van der Waals surface area contributed by atoms with Gasteiger partial charge in [0.2, 0.25) is 0 Å². The van der Waals surface area contributed by atoms with E-state index in [2.05, 4.69) is 44.0 Å². The largest absolute Gasteiger partial charge is 0.396 e. The second kappa shape index (κ2) is 6.53. The summed E-state index contributed by atoms with van der Waals surface area (Å²) in [5, 5.41) is 9.41. The van der Waals surface area contributed by atoms with Crippen molar-refractivity contribution in [2.24, 2.45) is 11.8 Å². The SMILES string of the molecule is CC(C)C(CO)CN(C)Cc1ccc2c(c1)CCC2. The van der Waals surface area contributed by atoms with Crippen LogP contribution < -0.4 is 0 Å². The number of aliphatic hydroxyl groups excluding tert-OH is 1. The maximum absolute atomic E-state index is 9.41. The van der Waals surface area contributed by atoms with Crippen molar-refractivity contribution in [1.82, 2.24) is 4.90 Å². The topological polar surface area (TPSA) is 23.5 Å². The van der Waals surface area contributed by atoms with Crippen molar-refractivity contribution in [1.29, 1.82) is 0 Å². The first-order valence-corrected chi connectivity index (χ1v) is 7.50. The Morgan fingerprint density at radius 1 is 1.21 bits per heavy atom. The van der Waals surface area contributed by atoms with Crippen LogP contribution in [0.25, 0.3) is 0 Å². The molecule has 0 amide bonds. The molecule has 19 heavy (non-hydrogen) atoms. The van der Waals surface area contributed by atoms with Crippen LogP contribution >= 0.6 is 0 Å². The maximum Gasteiger partial charge on any atom is 0.0473 e. The van der Waals surface area contributed by atoms with Gasteiger partial charge in [-0.15, -0.1) is 0 Å². The summed E-state index contributed by atoms with van der Waals surface area (Å²) in [4.78, 5) is 2.33. The van der Waals surface area contributed by atoms with Gasteiger partial charge in [0, 0.05) is 19.7 Å². The maximum atomic E-state index is 9.41. The predicted octanol–water partition coefficient (Wildman–Crippen LogP) is 2.87. The molecule has 0 saturated heterocycles. The molecule has 0 aromatic heterocycles. The van der Waals surface area contributed by atoms with E-state index in [1.807, 2.05) is 0 Å². The molecule has 0 spiro atoms. The van der Waals surface area contributed by atoms with Crippen LogP contribution in [0.4, 0.5) is 0 Å². The molecule has 2 nitrogen and oxygen atoms in total. The Morgan fingerprint density at radius 3 is 2.63 bits per heavy atom. The smallest absolute Gasteiger partial charge is 0.0473 e. The van der Waals surface area contributed by atoms with E-state index >= 15 is 0 Å². The fraction of sp³-hybridized carbons (Fsp3) is 0.647. The Bertz CT molecular complexity index is 414. The van der Waals surface area contributed by atoms with Crippen LogP contribution in [0.3, 0.4) is 0 Å². The fourth-order valence-corrected chi connectivity index (χ4v) is 2.98. The minimum absolute atomic E-state index is 0.284. The van der Waals surface area contributed by atoms with Crippen molar-refractivity contribution in [3.8, 4) is 0 Å². The van der Waals surface area contributed by atoms with Gasteiger partial charge in [0.1, 0.15) is 0 Å². The lowest BCUT2D eigenvalue weighted by Gasteiger charge is -2.25. The molecule has 1 aromatic rings. The van der Waals surface area contributed by atoms with E-state index in [4.69, 9.17) is 0 Å². The third kappa shape index (κ3) is 3.80. The van der Waals surface area contributed by atoms with Crippen LogP contribution in [-0.4, -0.2) is 30.2 Å². The monoisotopic (exact) mass is 261 g/mol. The van der Waals surface area contributed by atoms with E-state index in [0.717, 1.165) is 13.1 Å². The highest BCUT2D eigenvalue weighted by molar-refractivity contribution is 5.35. The van der Waals surface area contributed by atoms with Crippen molar-refractivity contribution in [2.75, 3.05) is 20.2 Å². The van der Waals surface area contributed by atoms with Crippen LogP contribution in [0.1, 0.15) is 37.0 Å². The molecule has 1 N–H and O–H groups in total.